The number of aromatic nitrogens is 1. The van der Waals surface area contributed by atoms with Gasteiger partial charge in [0.2, 0.25) is 0 Å². The first-order valence-corrected chi connectivity index (χ1v) is 6.11. The minimum absolute atomic E-state index is 0.364. The minimum atomic E-state index is -4.13. The summed E-state index contributed by atoms with van der Waals surface area (Å²) in [6, 6.07) is 0.483. The van der Waals surface area contributed by atoms with Gasteiger partial charge in [-0.3, -0.25) is 4.90 Å². The monoisotopic (exact) mass is 278 g/mol. The second-order valence-corrected chi connectivity index (χ2v) is 4.53. The Bertz CT molecular complexity index is 399. The van der Waals surface area contributed by atoms with Gasteiger partial charge in [0.1, 0.15) is 6.26 Å². The van der Waals surface area contributed by atoms with Gasteiger partial charge in [0, 0.05) is 32.7 Å². The Labute approximate surface area is 109 Å². The third-order valence-corrected chi connectivity index (χ3v) is 2.94. The summed E-state index contributed by atoms with van der Waals surface area (Å²) in [5, 5.41) is 2.96. The lowest BCUT2D eigenvalue weighted by Crippen LogP contribution is -2.49. The van der Waals surface area contributed by atoms with E-state index in [-0.39, 0.29) is 0 Å². The summed E-state index contributed by atoms with van der Waals surface area (Å²) in [5.74, 6) is 0. The zero-order chi connectivity index (χ0) is 13.9. The average molecular weight is 278 g/mol. The van der Waals surface area contributed by atoms with Crippen LogP contribution >= 0.6 is 0 Å². The highest BCUT2D eigenvalue weighted by molar-refractivity contribution is 5.27. The molecule has 0 radical (unpaired) electrons. The largest absolute Gasteiger partial charge is 0.432 e. The molecule has 0 spiro atoms. The second-order valence-electron chi connectivity index (χ2n) is 4.53. The molecule has 8 heteroatoms. The minimum Gasteiger partial charge on any atom is -0.432 e. The van der Waals surface area contributed by atoms with E-state index in [9.17, 15) is 13.2 Å². The highest BCUT2D eigenvalue weighted by atomic mass is 19.4. The Morgan fingerprint density at radius 3 is 2.58 bits per heavy atom. The van der Waals surface area contributed by atoms with E-state index in [4.69, 9.17) is 4.42 Å². The fourth-order valence-electron chi connectivity index (χ4n) is 2.05. The molecule has 0 bridgehead atoms. The predicted molar refractivity (Wildman–Crippen MR) is 64.0 cm³/mol. The third-order valence-electron chi connectivity index (χ3n) is 2.94. The molecule has 0 unspecified atom stereocenters. The van der Waals surface area contributed by atoms with Crippen molar-refractivity contribution in [1.29, 1.82) is 0 Å². The molecule has 1 aromatic heterocycles. The highest BCUT2D eigenvalue weighted by Gasteiger charge is 2.32. The number of rotatable bonds is 4. The van der Waals surface area contributed by atoms with Gasteiger partial charge in [-0.05, 0) is 7.05 Å². The van der Waals surface area contributed by atoms with E-state index in [1.165, 1.54) is 4.90 Å². The molecule has 5 nitrogen and oxygen atoms in total. The lowest BCUT2D eigenvalue weighted by molar-refractivity contribution is -0.146. The summed E-state index contributed by atoms with van der Waals surface area (Å²) < 4.78 is 42.1. The maximum absolute atomic E-state index is 12.3. The number of oxazole rings is 1. The van der Waals surface area contributed by atoms with Crippen LogP contribution in [-0.4, -0.2) is 55.8 Å². The van der Waals surface area contributed by atoms with E-state index < -0.39 is 12.7 Å². The number of piperazine rings is 1. The summed E-state index contributed by atoms with van der Waals surface area (Å²) in [6.45, 7) is 1.48. The van der Waals surface area contributed by atoms with Crippen LogP contribution < -0.4 is 10.2 Å². The first-order valence-electron chi connectivity index (χ1n) is 6.11. The van der Waals surface area contributed by atoms with Crippen LogP contribution in [0.15, 0.2) is 10.7 Å². The smallest absolute Gasteiger partial charge is 0.401 e. The molecule has 1 aliphatic rings. The molecule has 2 rings (SSSR count). The fraction of sp³-hybridized carbons (Fsp3) is 0.727. The molecule has 1 fully saturated rings. The van der Waals surface area contributed by atoms with Gasteiger partial charge in [-0.2, -0.15) is 18.2 Å². The summed E-state index contributed by atoms with van der Waals surface area (Å²) in [6.07, 6.45) is -2.57. The highest BCUT2D eigenvalue weighted by Crippen LogP contribution is 2.20. The first kappa shape index (κ1) is 14.1. The van der Waals surface area contributed by atoms with E-state index in [2.05, 4.69) is 10.3 Å². The van der Waals surface area contributed by atoms with Crippen molar-refractivity contribution in [1.82, 2.24) is 15.2 Å². The van der Waals surface area contributed by atoms with Crippen molar-refractivity contribution in [2.24, 2.45) is 0 Å². The van der Waals surface area contributed by atoms with E-state index in [0.29, 0.717) is 38.7 Å². The Kier molecular flexibility index (Phi) is 4.31. The molecular weight excluding hydrogens is 261 g/mol. The fourth-order valence-corrected chi connectivity index (χ4v) is 2.05. The van der Waals surface area contributed by atoms with Crippen LogP contribution in [0.4, 0.5) is 19.2 Å². The zero-order valence-corrected chi connectivity index (χ0v) is 10.7. The molecule has 1 saturated heterocycles. The van der Waals surface area contributed by atoms with Gasteiger partial charge in [0.15, 0.2) is 0 Å². The molecule has 0 saturated carbocycles. The van der Waals surface area contributed by atoms with Gasteiger partial charge in [0.05, 0.1) is 12.2 Å². The molecule has 108 valence electrons. The summed E-state index contributed by atoms with van der Waals surface area (Å²) in [5.41, 5.74) is 0.787. The van der Waals surface area contributed by atoms with Crippen molar-refractivity contribution in [3.05, 3.63) is 12.0 Å². The van der Waals surface area contributed by atoms with Crippen molar-refractivity contribution in [3.63, 3.8) is 0 Å². The van der Waals surface area contributed by atoms with Crippen molar-refractivity contribution < 1.29 is 17.6 Å². The number of hydrogen-bond donors (Lipinski definition) is 1. The summed E-state index contributed by atoms with van der Waals surface area (Å²) in [7, 11) is 1.81. The molecule has 0 amide bonds. The zero-order valence-electron chi connectivity index (χ0n) is 10.7. The Morgan fingerprint density at radius 1 is 1.32 bits per heavy atom. The Morgan fingerprint density at radius 2 is 2.00 bits per heavy atom. The lowest BCUT2D eigenvalue weighted by atomic mass is 10.3. The van der Waals surface area contributed by atoms with Gasteiger partial charge in [0.25, 0.3) is 6.01 Å². The Hall–Kier alpha value is -1.28. The van der Waals surface area contributed by atoms with Crippen molar-refractivity contribution in [2.45, 2.75) is 12.7 Å². The number of nitrogens with one attached hydrogen (secondary N) is 1. The van der Waals surface area contributed by atoms with E-state index in [0.717, 1.165) is 5.69 Å². The topological polar surface area (TPSA) is 44.5 Å². The molecule has 1 aliphatic heterocycles. The van der Waals surface area contributed by atoms with E-state index in [1.54, 1.807) is 6.26 Å². The SMILES string of the molecule is CNCc1coc(N2CCN(CC(F)(F)F)CC2)n1. The van der Waals surface area contributed by atoms with Gasteiger partial charge in [-0.1, -0.05) is 0 Å². The lowest BCUT2D eigenvalue weighted by Gasteiger charge is -2.34. The van der Waals surface area contributed by atoms with Crippen LogP contribution in [-0.2, 0) is 6.54 Å². The molecule has 0 aromatic carbocycles. The van der Waals surface area contributed by atoms with Crippen LogP contribution in [0.5, 0.6) is 0 Å². The first-order chi connectivity index (χ1) is 8.98. The van der Waals surface area contributed by atoms with Crippen molar-refractivity contribution >= 4 is 6.01 Å². The van der Waals surface area contributed by atoms with Crippen LogP contribution in [0.3, 0.4) is 0 Å². The van der Waals surface area contributed by atoms with Crippen LogP contribution in [0.1, 0.15) is 5.69 Å². The number of anilines is 1. The standard InChI is InChI=1S/C11H17F3N4O/c1-15-6-9-7-19-10(16-9)18-4-2-17(3-5-18)8-11(12,13)14/h7,15H,2-6,8H2,1H3. The van der Waals surface area contributed by atoms with Crippen molar-refractivity contribution in [3.8, 4) is 0 Å². The average Bonchev–Trinajstić information content (AvgIpc) is 2.77. The normalized spacial score (nSPS) is 18.0. The Balaban J connectivity index is 1.85. The predicted octanol–water partition coefficient (Wildman–Crippen LogP) is 1.08. The van der Waals surface area contributed by atoms with Crippen LogP contribution in [0, 0.1) is 0 Å². The number of nitrogens with zero attached hydrogens (tertiary/aromatic N) is 3. The molecule has 1 aromatic rings. The molecular formula is C11H17F3N4O. The molecule has 0 aliphatic carbocycles. The molecule has 19 heavy (non-hydrogen) atoms. The molecule has 2 heterocycles. The third kappa shape index (κ3) is 4.10. The number of halogens is 3. The van der Waals surface area contributed by atoms with E-state index in [1.807, 2.05) is 11.9 Å². The number of alkyl halides is 3. The van der Waals surface area contributed by atoms with Gasteiger partial charge in [-0.15, -0.1) is 0 Å². The van der Waals surface area contributed by atoms with Gasteiger partial charge >= 0.3 is 6.18 Å². The van der Waals surface area contributed by atoms with Crippen LogP contribution in [0.25, 0.3) is 0 Å². The second kappa shape index (κ2) is 5.79. The van der Waals surface area contributed by atoms with Gasteiger partial charge in [-0.25, -0.2) is 0 Å². The van der Waals surface area contributed by atoms with Crippen LogP contribution in [0.2, 0.25) is 0 Å². The summed E-state index contributed by atoms with van der Waals surface area (Å²) >= 11 is 0. The quantitative estimate of drug-likeness (QED) is 0.893. The van der Waals surface area contributed by atoms with Crippen molar-refractivity contribution in [2.75, 3.05) is 44.7 Å². The molecule has 0 atom stereocenters. The summed E-state index contributed by atoms with van der Waals surface area (Å²) in [4.78, 5) is 7.54. The maximum Gasteiger partial charge on any atom is 0.401 e. The van der Waals surface area contributed by atoms with E-state index >= 15 is 0 Å². The maximum atomic E-state index is 12.3. The van der Waals surface area contributed by atoms with Gasteiger partial charge < -0.3 is 14.6 Å². The number of hydrogen-bond acceptors (Lipinski definition) is 5. The molecule has 1 N–H and O–H groups in total.